The Morgan fingerprint density at radius 1 is 1.52 bits per heavy atom. The number of ether oxygens (including phenoxy) is 2. The molecule has 1 amide bonds. The van der Waals surface area contributed by atoms with E-state index in [9.17, 15) is 4.79 Å². The molecule has 0 saturated carbocycles. The number of carbonyl (C=O) groups is 1. The molecule has 1 heterocycles. The first-order valence-corrected chi connectivity index (χ1v) is 7.73. The number of para-hydroxylation sites is 2. The Balaban J connectivity index is 1.95. The Kier molecular flexibility index (Phi) is 6.45. The van der Waals surface area contributed by atoms with Crippen LogP contribution in [0.3, 0.4) is 0 Å². The third-order valence-electron chi connectivity index (χ3n) is 3.44. The number of rotatable bonds is 7. The maximum Gasteiger partial charge on any atom is 0.263 e. The summed E-state index contributed by atoms with van der Waals surface area (Å²) in [5, 5.41) is 14.8. The average Bonchev–Trinajstić information content (AvgIpc) is 3.08. The molecule has 23 heavy (non-hydrogen) atoms. The van der Waals surface area contributed by atoms with Gasteiger partial charge < -0.3 is 20.1 Å². The number of amides is 1. The van der Waals surface area contributed by atoms with Crippen LogP contribution in [0.25, 0.3) is 0 Å². The summed E-state index contributed by atoms with van der Waals surface area (Å²) in [6, 6.07) is 9.26. The highest BCUT2D eigenvalue weighted by Crippen LogP contribution is 2.23. The van der Waals surface area contributed by atoms with Crippen molar-refractivity contribution in [1.82, 2.24) is 5.32 Å². The summed E-state index contributed by atoms with van der Waals surface area (Å²) >= 11 is 0. The van der Waals surface area contributed by atoms with Crippen LogP contribution in [-0.4, -0.2) is 31.8 Å². The highest BCUT2D eigenvalue weighted by Gasteiger charge is 2.17. The normalized spacial score (nSPS) is 17.4. The van der Waals surface area contributed by atoms with Gasteiger partial charge in [0.1, 0.15) is 17.4 Å². The van der Waals surface area contributed by atoms with Crippen molar-refractivity contribution in [2.45, 2.75) is 25.9 Å². The first-order chi connectivity index (χ1) is 11.2. The minimum absolute atomic E-state index is 0.00861. The highest BCUT2D eigenvalue weighted by molar-refractivity contribution is 5.97. The van der Waals surface area contributed by atoms with E-state index in [-0.39, 0.29) is 11.7 Å². The van der Waals surface area contributed by atoms with Gasteiger partial charge in [-0.25, -0.2) is 0 Å². The van der Waals surface area contributed by atoms with Crippen LogP contribution in [0.1, 0.15) is 19.8 Å². The van der Waals surface area contributed by atoms with Gasteiger partial charge in [-0.3, -0.25) is 4.79 Å². The van der Waals surface area contributed by atoms with Gasteiger partial charge in [0.05, 0.1) is 18.4 Å². The lowest BCUT2D eigenvalue weighted by molar-refractivity contribution is -0.117. The lowest BCUT2D eigenvalue weighted by Crippen LogP contribution is -2.32. The van der Waals surface area contributed by atoms with Gasteiger partial charge in [-0.1, -0.05) is 12.1 Å². The van der Waals surface area contributed by atoms with E-state index in [1.807, 2.05) is 37.3 Å². The van der Waals surface area contributed by atoms with Gasteiger partial charge in [0.15, 0.2) is 0 Å². The van der Waals surface area contributed by atoms with Crippen molar-refractivity contribution in [3.05, 3.63) is 36.0 Å². The SMILES string of the molecule is CCOc1ccccc1N/C=C(/C#N)C(=O)NCC1CCCO1. The number of hydrogen-bond acceptors (Lipinski definition) is 5. The Labute approximate surface area is 136 Å². The number of anilines is 1. The average molecular weight is 315 g/mol. The van der Waals surface area contributed by atoms with Crippen molar-refractivity contribution in [3.8, 4) is 11.8 Å². The summed E-state index contributed by atoms with van der Waals surface area (Å²) in [5.41, 5.74) is 0.711. The Morgan fingerprint density at radius 2 is 2.35 bits per heavy atom. The molecule has 0 bridgehead atoms. The molecule has 1 aromatic carbocycles. The fourth-order valence-corrected chi connectivity index (χ4v) is 2.27. The maximum atomic E-state index is 12.0. The van der Waals surface area contributed by atoms with Gasteiger partial charge in [0.25, 0.3) is 5.91 Å². The van der Waals surface area contributed by atoms with Crippen LogP contribution >= 0.6 is 0 Å². The van der Waals surface area contributed by atoms with Crippen LogP contribution in [0.2, 0.25) is 0 Å². The van der Waals surface area contributed by atoms with E-state index in [4.69, 9.17) is 14.7 Å². The minimum atomic E-state index is -0.413. The summed E-state index contributed by atoms with van der Waals surface area (Å²) in [6.07, 6.45) is 3.39. The molecule has 122 valence electrons. The molecule has 1 aliphatic heterocycles. The smallest absolute Gasteiger partial charge is 0.263 e. The standard InChI is InChI=1S/C17H21N3O3/c1-2-22-16-8-4-3-7-15(16)19-11-13(10-18)17(21)20-12-14-6-5-9-23-14/h3-4,7-8,11,14,19H,2,5-6,9,12H2,1H3,(H,20,21)/b13-11-. The molecule has 0 radical (unpaired) electrons. The minimum Gasteiger partial charge on any atom is -0.492 e. The first kappa shape index (κ1) is 16.8. The fraction of sp³-hybridized carbons (Fsp3) is 0.412. The molecule has 1 aromatic rings. The number of hydrogen-bond donors (Lipinski definition) is 2. The zero-order valence-corrected chi connectivity index (χ0v) is 13.2. The summed E-state index contributed by atoms with van der Waals surface area (Å²) < 4.78 is 10.9. The van der Waals surface area contributed by atoms with E-state index in [1.165, 1.54) is 6.20 Å². The third-order valence-corrected chi connectivity index (χ3v) is 3.44. The van der Waals surface area contributed by atoms with Crippen molar-refractivity contribution < 1.29 is 14.3 Å². The monoisotopic (exact) mass is 315 g/mol. The van der Waals surface area contributed by atoms with Crippen molar-refractivity contribution >= 4 is 11.6 Å². The van der Waals surface area contributed by atoms with Crippen molar-refractivity contribution in [2.75, 3.05) is 25.1 Å². The molecule has 1 saturated heterocycles. The fourth-order valence-electron chi connectivity index (χ4n) is 2.27. The van der Waals surface area contributed by atoms with Crippen molar-refractivity contribution in [3.63, 3.8) is 0 Å². The van der Waals surface area contributed by atoms with E-state index in [0.29, 0.717) is 24.6 Å². The van der Waals surface area contributed by atoms with Gasteiger partial charge in [-0.05, 0) is 31.9 Å². The zero-order valence-electron chi connectivity index (χ0n) is 13.2. The third kappa shape index (κ3) is 5.01. The summed E-state index contributed by atoms with van der Waals surface area (Å²) in [5.74, 6) is 0.257. The molecule has 6 heteroatoms. The van der Waals surface area contributed by atoms with E-state index >= 15 is 0 Å². The van der Waals surface area contributed by atoms with Crippen molar-refractivity contribution in [1.29, 1.82) is 5.26 Å². The van der Waals surface area contributed by atoms with Gasteiger partial charge in [-0.15, -0.1) is 0 Å². The second kappa shape index (κ2) is 8.81. The van der Waals surface area contributed by atoms with E-state index < -0.39 is 5.91 Å². The number of benzene rings is 1. The Morgan fingerprint density at radius 3 is 3.04 bits per heavy atom. The second-order valence-corrected chi connectivity index (χ2v) is 5.09. The molecule has 6 nitrogen and oxygen atoms in total. The first-order valence-electron chi connectivity index (χ1n) is 7.73. The molecule has 0 aliphatic carbocycles. The quantitative estimate of drug-likeness (QED) is 0.595. The molecule has 2 N–H and O–H groups in total. The number of nitrogens with zero attached hydrogens (tertiary/aromatic N) is 1. The van der Waals surface area contributed by atoms with E-state index in [1.54, 1.807) is 0 Å². The molecule has 0 spiro atoms. The molecule has 2 rings (SSSR count). The molecule has 1 atom stereocenters. The molecular weight excluding hydrogens is 294 g/mol. The zero-order chi connectivity index (χ0) is 16.5. The topological polar surface area (TPSA) is 83.4 Å². The van der Waals surface area contributed by atoms with Gasteiger partial charge in [0.2, 0.25) is 0 Å². The van der Waals surface area contributed by atoms with Crippen LogP contribution in [0, 0.1) is 11.3 Å². The predicted octanol–water partition coefficient (Wildman–Crippen LogP) is 2.20. The van der Waals surface area contributed by atoms with Crippen molar-refractivity contribution in [2.24, 2.45) is 0 Å². The molecular formula is C17H21N3O3. The Hall–Kier alpha value is -2.52. The Bertz CT molecular complexity index is 601. The van der Waals surface area contributed by atoms with Gasteiger partial charge >= 0.3 is 0 Å². The van der Waals surface area contributed by atoms with E-state index in [2.05, 4.69) is 10.6 Å². The van der Waals surface area contributed by atoms with Gasteiger partial charge in [-0.2, -0.15) is 5.26 Å². The molecule has 1 aliphatic rings. The molecule has 0 aromatic heterocycles. The molecule has 1 unspecified atom stereocenters. The summed E-state index contributed by atoms with van der Waals surface area (Å²) in [6.45, 7) is 3.59. The largest absolute Gasteiger partial charge is 0.492 e. The predicted molar refractivity (Wildman–Crippen MR) is 86.9 cm³/mol. The maximum absolute atomic E-state index is 12.0. The van der Waals surface area contributed by atoms with Crippen LogP contribution in [0.5, 0.6) is 5.75 Å². The highest BCUT2D eigenvalue weighted by atomic mass is 16.5. The van der Waals surface area contributed by atoms with Crippen LogP contribution in [0.4, 0.5) is 5.69 Å². The number of nitriles is 1. The number of carbonyl (C=O) groups excluding carboxylic acids is 1. The van der Waals surface area contributed by atoms with Crippen LogP contribution in [-0.2, 0) is 9.53 Å². The van der Waals surface area contributed by atoms with E-state index in [0.717, 1.165) is 19.4 Å². The lowest BCUT2D eigenvalue weighted by atomic mass is 10.2. The van der Waals surface area contributed by atoms with Crippen LogP contribution in [0.15, 0.2) is 36.0 Å². The summed E-state index contributed by atoms with van der Waals surface area (Å²) in [7, 11) is 0. The lowest BCUT2D eigenvalue weighted by Gasteiger charge is -2.11. The summed E-state index contributed by atoms with van der Waals surface area (Å²) in [4.78, 5) is 12.0. The van der Waals surface area contributed by atoms with Gasteiger partial charge in [0, 0.05) is 19.4 Å². The number of nitrogens with one attached hydrogen (secondary N) is 2. The van der Waals surface area contributed by atoms with Crippen LogP contribution < -0.4 is 15.4 Å². The second-order valence-electron chi connectivity index (χ2n) is 5.09. The molecule has 1 fully saturated rings.